The molecule has 3 rings (SSSR count). The van der Waals surface area contributed by atoms with Gasteiger partial charge in [-0.05, 0) is 43.1 Å². The van der Waals surface area contributed by atoms with Gasteiger partial charge in [0.05, 0.1) is 5.69 Å². The highest BCUT2D eigenvalue weighted by Crippen LogP contribution is 2.38. The zero-order valence-corrected chi connectivity index (χ0v) is 17.1. The number of hydrogen-bond donors (Lipinski definition) is 5. The number of hydrogen-bond acceptors (Lipinski definition) is 6. The van der Waals surface area contributed by atoms with Gasteiger partial charge >= 0.3 is 13.1 Å². The van der Waals surface area contributed by atoms with Crippen LogP contribution in [0.2, 0.25) is 6.32 Å². The van der Waals surface area contributed by atoms with Crippen molar-refractivity contribution < 1.29 is 19.9 Å². The summed E-state index contributed by atoms with van der Waals surface area (Å²) in [6, 6.07) is 14.3. The molecule has 1 aromatic carbocycles. The van der Waals surface area contributed by atoms with Gasteiger partial charge in [-0.3, -0.25) is 9.78 Å². The lowest BCUT2D eigenvalue weighted by atomic mass is 9.66. The second-order valence-electron chi connectivity index (χ2n) is 8.24. The number of unbranched alkanes of at least 4 members (excludes halogenated alkanes) is 1. The van der Waals surface area contributed by atoms with Crippen molar-refractivity contribution in [2.24, 2.45) is 11.7 Å². The predicted molar refractivity (Wildman–Crippen MR) is 116 cm³/mol. The van der Waals surface area contributed by atoms with E-state index in [2.05, 4.69) is 16.4 Å². The molecule has 160 valence electrons. The fourth-order valence-corrected chi connectivity index (χ4v) is 4.01. The Bertz CT molecular complexity index is 813. The zero-order valence-electron chi connectivity index (χ0n) is 17.1. The molecule has 0 aliphatic heterocycles. The lowest BCUT2D eigenvalue weighted by molar-refractivity contribution is -0.148. The second kappa shape index (κ2) is 10.2. The molecular weight excluding hydrogens is 381 g/mol. The van der Waals surface area contributed by atoms with Crippen LogP contribution in [0.15, 0.2) is 48.7 Å². The second-order valence-corrected chi connectivity index (χ2v) is 8.24. The number of aromatic nitrogens is 1. The first-order valence-corrected chi connectivity index (χ1v) is 10.5. The quantitative estimate of drug-likeness (QED) is 0.283. The van der Waals surface area contributed by atoms with Crippen LogP contribution >= 0.6 is 0 Å². The first-order chi connectivity index (χ1) is 14.4. The van der Waals surface area contributed by atoms with Gasteiger partial charge in [-0.15, -0.1) is 0 Å². The predicted octanol–water partition coefficient (Wildman–Crippen LogP) is 2.04. The summed E-state index contributed by atoms with van der Waals surface area (Å²) in [5, 5.41) is 30.9. The van der Waals surface area contributed by atoms with Crippen LogP contribution in [0.25, 0.3) is 11.3 Å². The van der Waals surface area contributed by atoms with E-state index in [0.29, 0.717) is 25.8 Å². The number of benzene rings is 1. The number of pyridine rings is 1. The van der Waals surface area contributed by atoms with Crippen LogP contribution in [0.5, 0.6) is 0 Å². The molecule has 0 radical (unpaired) electrons. The largest absolute Gasteiger partial charge is 0.480 e. The van der Waals surface area contributed by atoms with Gasteiger partial charge in [0.1, 0.15) is 5.54 Å². The number of carboxylic acid groups (broad SMARTS) is 1. The fourth-order valence-electron chi connectivity index (χ4n) is 4.01. The highest BCUT2D eigenvalue weighted by Gasteiger charge is 2.48. The first kappa shape index (κ1) is 22.4. The van der Waals surface area contributed by atoms with Crippen LogP contribution in [-0.2, 0) is 11.3 Å². The Kier molecular flexibility index (Phi) is 7.61. The van der Waals surface area contributed by atoms with E-state index in [1.165, 1.54) is 0 Å². The van der Waals surface area contributed by atoms with Crippen molar-refractivity contribution in [3.8, 4) is 11.3 Å². The minimum Gasteiger partial charge on any atom is -0.480 e. The molecule has 1 saturated carbocycles. The van der Waals surface area contributed by atoms with E-state index in [1.807, 2.05) is 42.6 Å². The molecule has 0 spiro atoms. The van der Waals surface area contributed by atoms with Gasteiger partial charge in [0.25, 0.3) is 0 Å². The summed E-state index contributed by atoms with van der Waals surface area (Å²) in [4.78, 5) is 16.3. The maximum atomic E-state index is 11.8. The summed E-state index contributed by atoms with van der Waals surface area (Å²) < 4.78 is 0. The Labute approximate surface area is 177 Å². The van der Waals surface area contributed by atoms with Crippen molar-refractivity contribution in [1.82, 2.24) is 10.3 Å². The third-order valence-corrected chi connectivity index (χ3v) is 6.06. The molecule has 1 atom stereocenters. The molecule has 0 bridgehead atoms. The fraction of sp³-hybridized carbons (Fsp3) is 0.455. The molecule has 1 unspecified atom stereocenters. The van der Waals surface area contributed by atoms with Crippen molar-refractivity contribution in [3.05, 3.63) is 54.2 Å². The topological polar surface area (TPSA) is 129 Å². The zero-order chi connectivity index (χ0) is 21.6. The van der Waals surface area contributed by atoms with E-state index in [4.69, 9.17) is 15.8 Å². The van der Waals surface area contributed by atoms with Crippen LogP contribution in [0.1, 0.15) is 37.7 Å². The van der Waals surface area contributed by atoms with Gasteiger partial charge < -0.3 is 26.2 Å². The van der Waals surface area contributed by atoms with Crippen LogP contribution in [0, 0.1) is 5.92 Å². The number of rotatable bonds is 11. The highest BCUT2D eigenvalue weighted by molar-refractivity contribution is 6.40. The van der Waals surface area contributed by atoms with Gasteiger partial charge in [-0.25, -0.2) is 0 Å². The van der Waals surface area contributed by atoms with Gasteiger partial charge in [0, 0.05) is 24.3 Å². The molecule has 2 aromatic rings. The number of nitrogens with zero attached hydrogens (tertiary/aromatic N) is 1. The Morgan fingerprint density at radius 2 is 1.90 bits per heavy atom. The van der Waals surface area contributed by atoms with Crippen molar-refractivity contribution in [2.45, 2.75) is 56.5 Å². The summed E-state index contributed by atoms with van der Waals surface area (Å²) >= 11 is 0. The van der Waals surface area contributed by atoms with Crippen molar-refractivity contribution in [2.75, 3.05) is 0 Å². The molecule has 1 aliphatic carbocycles. The SMILES string of the molecule is NC(CCCCB(O)O)(C(=O)O)[C@H]1C[C@@H](NCc2ccc(-c3ccccc3)nc2)C1. The van der Waals surface area contributed by atoms with Crippen molar-refractivity contribution >= 4 is 13.1 Å². The van der Waals surface area contributed by atoms with Crippen molar-refractivity contribution in [1.29, 1.82) is 0 Å². The van der Waals surface area contributed by atoms with E-state index in [1.54, 1.807) is 0 Å². The lowest BCUT2D eigenvalue weighted by Crippen LogP contribution is -2.61. The molecule has 0 saturated heterocycles. The van der Waals surface area contributed by atoms with Crippen LogP contribution < -0.4 is 11.1 Å². The summed E-state index contributed by atoms with van der Waals surface area (Å²) in [5.41, 5.74) is 8.09. The summed E-state index contributed by atoms with van der Waals surface area (Å²) in [7, 11) is -1.35. The van der Waals surface area contributed by atoms with E-state index >= 15 is 0 Å². The maximum absolute atomic E-state index is 11.8. The molecule has 6 N–H and O–H groups in total. The Morgan fingerprint density at radius 3 is 2.50 bits per heavy atom. The maximum Gasteiger partial charge on any atom is 0.451 e. The molecule has 1 fully saturated rings. The third-order valence-electron chi connectivity index (χ3n) is 6.06. The number of aliphatic carboxylic acids is 1. The van der Waals surface area contributed by atoms with Crippen LogP contribution in [-0.4, -0.2) is 44.8 Å². The molecule has 7 nitrogen and oxygen atoms in total. The third kappa shape index (κ3) is 5.67. The average molecular weight is 411 g/mol. The highest BCUT2D eigenvalue weighted by atomic mass is 16.4. The lowest BCUT2D eigenvalue weighted by Gasteiger charge is -2.45. The monoisotopic (exact) mass is 411 g/mol. The van der Waals surface area contributed by atoms with Gasteiger partial charge in [-0.1, -0.05) is 49.2 Å². The number of carbonyl (C=O) groups is 1. The molecule has 1 aromatic heterocycles. The van der Waals surface area contributed by atoms with E-state index < -0.39 is 18.6 Å². The minimum absolute atomic E-state index is 0.0786. The first-order valence-electron chi connectivity index (χ1n) is 10.5. The Balaban J connectivity index is 1.45. The van der Waals surface area contributed by atoms with E-state index in [9.17, 15) is 9.90 Å². The molecule has 0 amide bonds. The molecule has 30 heavy (non-hydrogen) atoms. The summed E-state index contributed by atoms with van der Waals surface area (Å²) in [6.07, 6.45) is 5.01. The molecular formula is C22H30BN3O4. The standard InChI is InChI=1S/C22H30BN3O4/c24-22(21(27)28,10-4-5-11-23(29)30)18-12-19(13-18)25-14-16-8-9-20(26-15-16)17-6-2-1-3-7-17/h1-3,6-9,15,18-19,25,29-30H,4-5,10-14,24H2,(H,27,28)/t18-,19+,22?. The van der Waals surface area contributed by atoms with Gasteiger partial charge in [0.2, 0.25) is 0 Å². The van der Waals surface area contributed by atoms with Crippen LogP contribution in [0.3, 0.4) is 0 Å². The Hall–Kier alpha value is -2.26. The Morgan fingerprint density at radius 1 is 1.17 bits per heavy atom. The number of nitrogens with one attached hydrogen (secondary N) is 1. The van der Waals surface area contributed by atoms with E-state index in [-0.39, 0.29) is 18.3 Å². The van der Waals surface area contributed by atoms with E-state index in [0.717, 1.165) is 29.7 Å². The number of nitrogens with two attached hydrogens (primary N) is 1. The van der Waals surface area contributed by atoms with Crippen LogP contribution in [0.4, 0.5) is 0 Å². The number of carboxylic acids is 1. The minimum atomic E-state index is -1.35. The normalized spacial score (nSPS) is 20.2. The summed E-state index contributed by atoms with van der Waals surface area (Å²) in [5.74, 6) is -1.05. The van der Waals surface area contributed by atoms with Crippen molar-refractivity contribution in [3.63, 3.8) is 0 Å². The molecule has 8 heteroatoms. The smallest absolute Gasteiger partial charge is 0.451 e. The van der Waals surface area contributed by atoms with Gasteiger partial charge in [-0.2, -0.15) is 0 Å². The van der Waals surface area contributed by atoms with Gasteiger partial charge in [0.15, 0.2) is 0 Å². The molecule has 1 aliphatic rings. The average Bonchev–Trinajstić information content (AvgIpc) is 2.71. The summed E-state index contributed by atoms with van der Waals surface area (Å²) in [6.45, 7) is 0.679. The molecule has 1 heterocycles.